The third kappa shape index (κ3) is 6.12. The number of benzene rings is 1. The zero-order valence-electron chi connectivity index (χ0n) is 18.7. The van der Waals surface area contributed by atoms with Crippen molar-refractivity contribution < 1.29 is 4.74 Å². The summed E-state index contributed by atoms with van der Waals surface area (Å²) in [5, 5.41) is 6.82. The standard InChI is InChI=1S/C24H35N5O/c1-5-19(3)30-22-14-18(2)8-9-21(22)17-28-24(25-4)27-16-20-10-11-26-23(15-20)29-12-6-7-13-29/h8-11,14-15,19H,5-7,12-13,16-17H2,1-4H3,(H2,25,27,28). The Morgan fingerprint density at radius 3 is 2.67 bits per heavy atom. The average molecular weight is 410 g/mol. The highest BCUT2D eigenvalue weighted by atomic mass is 16.5. The van der Waals surface area contributed by atoms with Gasteiger partial charge in [-0.2, -0.15) is 0 Å². The molecule has 2 heterocycles. The molecule has 0 bridgehead atoms. The van der Waals surface area contributed by atoms with Crippen molar-refractivity contribution in [2.45, 2.75) is 59.2 Å². The molecule has 0 aliphatic carbocycles. The number of rotatable bonds is 8. The summed E-state index contributed by atoms with van der Waals surface area (Å²) in [5.41, 5.74) is 3.53. The number of anilines is 1. The van der Waals surface area contributed by atoms with Gasteiger partial charge in [-0.3, -0.25) is 4.99 Å². The van der Waals surface area contributed by atoms with Crippen LogP contribution >= 0.6 is 0 Å². The van der Waals surface area contributed by atoms with Gasteiger partial charge < -0.3 is 20.3 Å². The second-order valence-corrected chi connectivity index (χ2v) is 7.94. The Kier molecular flexibility index (Phi) is 7.94. The molecule has 0 saturated carbocycles. The van der Waals surface area contributed by atoms with Crippen LogP contribution in [-0.4, -0.2) is 37.2 Å². The van der Waals surface area contributed by atoms with Gasteiger partial charge >= 0.3 is 0 Å². The SMILES string of the molecule is CCC(C)Oc1cc(C)ccc1CNC(=NC)NCc1ccnc(N2CCCC2)c1. The van der Waals surface area contributed by atoms with E-state index in [0.29, 0.717) is 13.1 Å². The van der Waals surface area contributed by atoms with Gasteiger partial charge in [0.05, 0.1) is 6.10 Å². The molecule has 1 fully saturated rings. The number of aliphatic imine (C=N–C) groups is 1. The minimum absolute atomic E-state index is 0.194. The van der Waals surface area contributed by atoms with Crippen molar-refractivity contribution in [2.75, 3.05) is 25.0 Å². The van der Waals surface area contributed by atoms with E-state index in [4.69, 9.17) is 4.74 Å². The quantitative estimate of drug-likeness (QED) is 0.509. The number of pyridine rings is 1. The molecule has 2 N–H and O–H groups in total. The van der Waals surface area contributed by atoms with Crippen LogP contribution in [0.15, 0.2) is 41.5 Å². The van der Waals surface area contributed by atoms with Gasteiger partial charge in [-0.05, 0) is 62.4 Å². The summed E-state index contributed by atoms with van der Waals surface area (Å²) in [6.07, 6.45) is 5.57. The second-order valence-electron chi connectivity index (χ2n) is 7.94. The van der Waals surface area contributed by atoms with Gasteiger partial charge in [-0.25, -0.2) is 4.98 Å². The van der Waals surface area contributed by atoms with Crippen LogP contribution in [0.2, 0.25) is 0 Å². The van der Waals surface area contributed by atoms with Crippen molar-refractivity contribution in [3.63, 3.8) is 0 Å². The predicted octanol–water partition coefficient (Wildman–Crippen LogP) is 4.03. The Morgan fingerprint density at radius 1 is 1.17 bits per heavy atom. The van der Waals surface area contributed by atoms with E-state index >= 15 is 0 Å². The summed E-state index contributed by atoms with van der Waals surface area (Å²) in [5.74, 6) is 2.78. The van der Waals surface area contributed by atoms with E-state index in [-0.39, 0.29) is 6.10 Å². The van der Waals surface area contributed by atoms with Crippen molar-refractivity contribution in [1.29, 1.82) is 0 Å². The van der Waals surface area contributed by atoms with E-state index in [2.05, 4.69) is 76.6 Å². The minimum atomic E-state index is 0.194. The summed E-state index contributed by atoms with van der Waals surface area (Å²) in [6, 6.07) is 10.6. The number of aromatic nitrogens is 1. The first-order valence-corrected chi connectivity index (χ1v) is 11.0. The Labute approximate surface area is 180 Å². The molecule has 1 aliphatic heterocycles. The molecule has 1 aromatic heterocycles. The number of nitrogens with zero attached hydrogens (tertiary/aromatic N) is 3. The fraction of sp³-hybridized carbons (Fsp3) is 0.500. The molecular formula is C24H35N5O. The van der Waals surface area contributed by atoms with Crippen LogP contribution in [0.5, 0.6) is 5.75 Å². The molecule has 1 aromatic carbocycles. The van der Waals surface area contributed by atoms with Crippen LogP contribution < -0.4 is 20.3 Å². The highest BCUT2D eigenvalue weighted by molar-refractivity contribution is 5.79. The van der Waals surface area contributed by atoms with Crippen LogP contribution in [0.3, 0.4) is 0 Å². The average Bonchev–Trinajstić information content (AvgIpc) is 3.30. The lowest BCUT2D eigenvalue weighted by Crippen LogP contribution is -2.36. The maximum atomic E-state index is 6.12. The van der Waals surface area contributed by atoms with Crippen molar-refractivity contribution in [3.8, 4) is 5.75 Å². The summed E-state index contributed by atoms with van der Waals surface area (Å²) in [7, 11) is 1.79. The molecule has 0 spiro atoms. The van der Waals surface area contributed by atoms with Crippen LogP contribution in [-0.2, 0) is 13.1 Å². The number of aryl methyl sites for hydroxylation is 1. The smallest absolute Gasteiger partial charge is 0.191 e. The van der Waals surface area contributed by atoms with Gasteiger partial charge in [-0.1, -0.05) is 19.1 Å². The van der Waals surface area contributed by atoms with E-state index in [1.165, 1.54) is 24.0 Å². The molecule has 1 unspecified atom stereocenters. The highest BCUT2D eigenvalue weighted by Crippen LogP contribution is 2.22. The molecule has 1 saturated heterocycles. The van der Waals surface area contributed by atoms with Crippen molar-refractivity contribution in [3.05, 3.63) is 53.2 Å². The normalized spacial score (nSPS) is 15.2. The van der Waals surface area contributed by atoms with Gasteiger partial charge in [0.25, 0.3) is 0 Å². The summed E-state index contributed by atoms with van der Waals surface area (Å²) < 4.78 is 6.12. The molecule has 6 heteroatoms. The number of guanidine groups is 1. The molecule has 0 radical (unpaired) electrons. The largest absolute Gasteiger partial charge is 0.490 e. The van der Waals surface area contributed by atoms with Crippen LogP contribution in [0, 0.1) is 6.92 Å². The lowest BCUT2D eigenvalue weighted by atomic mass is 10.1. The molecule has 2 aromatic rings. The highest BCUT2D eigenvalue weighted by Gasteiger charge is 2.14. The number of hydrogen-bond acceptors (Lipinski definition) is 4. The van der Waals surface area contributed by atoms with E-state index < -0.39 is 0 Å². The maximum absolute atomic E-state index is 6.12. The Morgan fingerprint density at radius 2 is 1.93 bits per heavy atom. The first-order chi connectivity index (χ1) is 14.6. The van der Waals surface area contributed by atoms with E-state index in [9.17, 15) is 0 Å². The molecule has 162 valence electrons. The topological polar surface area (TPSA) is 61.8 Å². The molecule has 0 amide bonds. The van der Waals surface area contributed by atoms with Crippen molar-refractivity contribution >= 4 is 11.8 Å². The van der Waals surface area contributed by atoms with E-state index in [1.807, 2.05) is 6.20 Å². The van der Waals surface area contributed by atoms with Gasteiger partial charge in [0.2, 0.25) is 0 Å². The maximum Gasteiger partial charge on any atom is 0.191 e. The fourth-order valence-corrected chi connectivity index (χ4v) is 3.49. The number of hydrogen-bond donors (Lipinski definition) is 2. The predicted molar refractivity (Wildman–Crippen MR) is 124 cm³/mol. The first kappa shape index (κ1) is 21.9. The Hall–Kier alpha value is -2.76. The third-order valence-electron chi connectivity index (χ3n) is 5.50. The van der Waals surface area contributed by atoms with Gasteiger partial charge in [0, 0.05) is 45.0 Å². The molecule has 6 nitrogen and oxygen atoms in total. The monoisotopic (exact) mass is 409 g/mol. The van der Waals surface area contributed by atoms with Crippen molar-refractivity contribution in [1.82, 2.24) is 15.6 Å². The number of nitrogens with one attached hydrogen (secondary N) is 2. The second kappa shape index (κ2) is 10.9. The fourth-order valence-electron chi connectivity index (χ4n) is 3.49. The zero-order valence-corrected chi connectivity index (χ0v) is 18.7. The first-order valence-electron chi connectivity index (χ1n) is 11.0. The summed E-state index contributed by atoms with van der Waals surface area (Å²) in [6.45, 7) is 9.89. The Bertz CT molecular complexity index is 845. The lowest BCUT2D eigenvalue weighted by Gasteiger charge is -2.19. The molecule has 1 aliphatic rings. The van der Waals surface area contributed by atoms with Gasteiger partial charge in [-0.15, -0.1) is 0 Å². The van der Waals surface area contributed by atoms with Crippen LogP contribution in [0.4, 0.5) is 5.82 Å². The van der Waals surface area contributed by atoms with Crippen molar-refractivity contribution in [2.24, 2.45) is 4.99 Å². The zero-order chi connectivity index (χ0) is 21.3. The van der Waals surface area contributed by atoms with E-state index in [1.54, 1.807) is 7.05 Å². The minimum Gasteiger partial charge on any atom is -0.490 e. The molecule has 1 atom stereocenters. The van der Waals surface area contributed by atoms with Crippen LogP contribution in [0.1, 0.15) is 49.8 Å². The number of ether oxygens (including phenoxy) is 1. The third-order valence-corrected chi connectivity index (χ3v) is 5.50. The molecule has 30 heavy (non-hydrogen) atoms. The summed E-state index contributed by atoms with van der Waals surface area (Å²) in [4.78, 5) is 11.3. The molecule has 3 rings (SSSR count). The van der Waals surface area contributed by atoms with Crippen LogP contribution in [0.25, 0.3) is 0 Å². The van der Waals surface area contributed by atoms with Gasteiger partial charge in [0.15, 0.2) is 5.96 Å². The Balaban J connectivity index is 1.57. The molecular weight excluding hydrogens is 374 g/mol. The van der Waals surface area contributed by atoms with E-state index in [0.717, 1.165) is 42.6 Å². The lowest BCUT2D eigenvalue weighted by molar-refractivity contribution is 0.215. The summed E-state index contributed by atoms with van der Waals surface area (Å²) >= 11 is 0. The van der Waals surface area contributed by atoms with Gasteiger partial charge in [0.1, 0.15) is 11.6 Å².